The van der Waals surface area contributed by atoms with E-state index in [9.17, 15) is 14.0 Å². The van der Waals surface area contributed by atoms with Crippen LogP contribution in [0.4, 0.5) is 4.39 Å². The second kappa shape index (κ2) is 9.79. The molecule has 0 unspecified atom stereocenters. The molecule has 1 atom stereocenters. The van der Waals surface area contributed by atoms with Crippen molar-refractivity contribution < 1.29 is 14.0 Å². The Morgan fingerprint density at radius 1 is 1.38 bits per heavy atom. The molecule has 0 aliphatic rings. The lowest BCUT2D eigenvalue weighted by atomic mass is 10.3. The van der Waals surface area contributed by atoms with E-state index in [1.807, 2.05) is 6.92 Å². The van der Waals surface area contributed by atoms with Crippen molar-refractivity contribution in [2.75, 3.05) is 12.3 Å². The van der Waals surface area contributed by atoms with Gasteiger partial charge in [0.2, 0.25) is 11.8 Å². The van der Waals surface area contributed by atoms with Gasteiger partial charge in [-0.2, -0.15) is 0 Å². The summed E-state index contributed by atoms with van der Waals surface area (Å²) in [5, 5.41) is 9.73. The first-order valence-corrected chi connectivity index (χ1v) is 10.2. The number of carbonyl (C=O) groups is 2. The van der Waals surface area contributed by atoms with Crippen LogP contribution in [0.15, 0.2) is 28.6 Å². The molecule has 0 saturated carbocycles. The van der Waals surface area contributed by atoms with Crippen molar-refractivity contribution in [1.29, 1.82) is 0 Å². The number of halogens is 1. The van der Waals surface area contributed by atoms with Gasteiger partial charge in [0.05, 0.1) is 11.4 Å². The molecule has 140 valence electrons. The minimum atomic E-state index is -0.593. The summed E-state index contributed by atoms with van der Waals surface area (Å²) in [5.41, 5.74) is 0.658. The number of nitrogens with one attached hydrogen (secondary N) is 2. The Morgan fingerprint density at radius 2 is 2.08 bits per heavy atom. The van der Waals surface area contributed by atoms with Crippen molar-refractivity contribution in [3.05, 3.63) is 34.0 Å². The molecule has 2 rings (SSSR count). The van der Waals surface area contributed by atoms with E-state index in [1.165, 1.54) is 39.9 Å². The molecule has 1 aromatic carbocycles. The van der Waals surface area contributed by atoms with Crippen LogP contribution in [0.3, 0.4) is 0 Å². The van der Waals surface area contributed by atoms with Gasteiger partial charge < -0.3 is 10.6 Å². The average Bonchev–Trinajstić information content (AvgIpc) is 2.99. The second-order valence-electron chi connectivity index (χ2n) is 5.39. The van der Waals surface area contributed by atoms with E-state index in [-0.39, 0.29) is 23.4 Å². The van der Waals surface area contributed by atoms with Crippen molar-refractivity contribution in [2.45, 2.75) is 30.6 Å². The fraction of sp³-hybridized carbons (Fsp3) is 0.375. The van der Waals surface area contributed by atoms with Crippen LogP contribution in [0.25, 0.3) is 5.69 Å². The minimum absolute atomic E-state index is 0.122. The van der Waals surface area contributed by atoms with Gasteiger partial charge in [0, 0.05) is 6.54 Å². The Hall–Kier alpha value is -1.78. The fourth-order valence-electron chi connectivity index (χ4n) is 1.94. The van der Waals surface area contributed by atoms with Gasteiger partial charge in [-0.1, -0.05) is 30.0 Å². The summed E-state index contributed by atoms with van der Waals surface area (Å²) >= 11 is 7.77. The molecule has 26 heavy (non-hydrogen) atoms. The van der Waals surface area contributed by atoms with E-state index in [1.54, 1.807) is 19.1 Å². The highest BCUT2D eigenvalue weighted by molar-refractivity contribution is 8.01. The predicted octanol–water partition coefficient (Wildman–Crippen LogP) is 2.93. The van der Waals surface area contributed by atoms with Gasteiger partial charge in [0.15, 0.2) is 8.29 Å². The maximum absolute atomic E-state index is 13.0. The Kier molecular flexibility index (Phi) is 7.73. The molecule has 1 aromatic heterocycles. The SMILES string of the molecule is CCCNC(=O)[C@@H](C)NC(=O)CSc1nn(-c2ccc(F)cc2)c(=S)s1. The molecule has 0 bridgehead atoms. The Labute approximate surface area is 164 Å². The van der Waals surface area contributed by atoms with Gasteiger partial charge in [-0.15, -0.1) is 5.10 Å². The maximum atomic E-state index is 13.0. The average molecular weight is 415 g/mol. The third-order valence-corrected chi connectivity index (χ3v) is 5.61. The molecule has 10 heteroatoms. The molecule has 2 amide bonds. The second-order valence-corrected chi connectivity index (χ2v) is 8.24. The summed E-state index contributed by atoms with van der Waals surface area (Å²) in [4.78, 5) is 23.7. The maximum Gasteiger partial charge on any atom is 0.242 e. The predicted molar refractivity (Wildman–Crippen MR) is 104 cm³/mol. The highest BCUT2D eigenvalue weighted by Crippen LogP contribution is 2.24. The summed E-state index contributed by atoms with van der Waals surface area (Å²) in [7, 11) is 0. The molecule has 0 saturated heterocycles. The third-order valence-electron chi connectivity index (χ3n) is 3.25. The minimum Gasteiger partial charge on any atom is -0.354 e. The van der Waals surface area contributed by atoms with Crippen LogP contribution < -0.4 is 10.6 Å². The normalized spacial score (nSPS) is 11.8. The van der Waals surface area contributed by atoms with Gasteiger partial charge in [-0.3, -0.25) is 9.59 Å². The largest absolute Gasteiger partial charge is 0.354 e. The quantitative estimate of drug-likeness (QED) is 0.513. The molecular formula is C16H19FN4O2S3. The standard InChI is InChI=1S/C16H19FN4O2S3/c1-3-8-18-14(23)10(2)19-13(22)9-25-15-20-21(16(24)26-15)12-6-4-11(17)5-7-12/h4-7,10H,3,8-9H2,1-2H3,(H,18,23)(H,19,22)/t10-/m1/s1. The van der Waals surface area contributed by atoms with Gasteiger partial charge in [0.1, 0.15) is 11.9 Å². The Bertz CT molecular complexity index is 820. The molecule has 6 nitrogen and oxygen atoms in total. The molecule has 2 N–H and O–H groups in total. The smallest absolute Gasteiger partial charge is 0.242 e. The van der Waals surface area contributed by atoms with Crippen LogP contribution >= 0.6 is 35.3 Å². The summed E-state index contributed by atoms with van der Waals surface area (Å²) in [6, 6.07) is 5.25. The number of hydrogen-bond donors (Lipinski definition) is 2. The van der Waals surface area contributed by atoms with Crippen molar-refractivity contribution in [1.82, 2.24) is 20.4 Å². The molecule has 1 heterocycles. The fourth-order valence-corrected chi connectivity index (χ4v) is 4.11. The van der Waals surface area contributed by atoms with E-state index in [0.29, 0.717) is 20.5 Å². The van der Waals surface area contributed by atoms with Crippen LogP contribution in [0.1, 0.15) is 20.3 Å². The van der Waals surface area contributed by atoms with E-state index in [2.05, 4.69) is 15.7 Å². The number of amides is 2. The van der Waals surface area contributed by atoms with E-state index in [4.69, 9.17) is 12.2 Å². The number of carbonyl (C=O) groups excluding carboxylic acids is 2. The molecule has 0 aliphatic carbocycles. The number of thioether (sulfide) groups is 1. The summed E-state index contributed by atoms with van der Waals surface area (Å²) in [6.07, 6.45) is 0.837. The first kappa shape index (κ1) is 20.5. The van der Waals surface area contributed by atoms with Crippen molar-refractivity contribution >= 4 is 47.1 Å². The Morgan fingerprint density at radius 3 is 2.73 bits per heavy atom. The molecule has 0 aliphatic heterocycles. The van der Waals surface area contributed by atoms with E-state index < -0.39 is 6.04 Å². The molecule has 2 aromatic rings. The van der Waals surface area contributed by atoms with Crippen molar-refractivity contribution in [3.63, 3.8) is 0 Å². The van der Waals surface area contributed by atoms with Crippen LogP contribution in [-0.2, 0) is 9.59 Å². The lowest BCUT2D eigenvalue weighted by Gasteiger charge is -2.13. The highest BCUT2D eigenvalue weighted by atomic mass is 32.2. The summed E-state index contributed by atoms with van der Waals surface area (Å²) < 4.78 is 15.7. The zero-order valence-corrected chi connectivity index (χ0v) is 16.8. The first-order valence-electron chi connectivity index (χ1n) is 7.96. The zero-order chi connectivity index (χ0) is 19.1. The van der Waals surface area contributed by atoms with Gasteiger partial charge >= 0.3 is 0 Å². The number of benzene rings is 1. The van der Waals surface area contributed by atoms with E-state index >= 15 is 0 Å². The van der Waals surface area contributed by atoms with Crippen LogP contribution in [0.5, 0.6) is 0 Å². The first-order chi connectivity index (χ1) is 12.4. The topological polar surface area (TPSA) is 76.0 Å². The Balaban J connectivity index is 1.90. The van der Waals surface area contributed by atoms with Gasteiger partial charge in [-0.05, 0) is 49.8 Å². The van der Waals surface area contributed by atoms with Gasteiger partial charge in [-0.25, -0.2) is 9.07 Å². The number of hydrogen-bond acceptors (Lipinski definition) is 6. The lowest BCUT2D eigenvalue weighted by molar-refractivity contribution is -0.127. The van der Waals surface area contributed by atoms with Gasteiger partial charge in [0.25, 0.3) is 0 Å². The molecular weight excluding hydrogens is 395 g/mol. The zero-order valence-electron chi connectivity index (χ0n) is 14.3. The van der Waals surface area contributed by atoms with Crippen LogP contribution in [0, 0.1) is 9.77 Å². The third kappa shape index (κ3) is 5.89. The number of nitrogens with zero attached hydrogens (tertiary/aromatic N) is 2. The van der Waals surface area contributed by atoms with E-state index in [0.717, 1.165) is 6.42 Å². The molecule has 0 radical (unpaired) electrons. The van der Waals surface area contributed by atoms with Crippen LogP contribution in [-0.4, -0.2) is 39.9 Å². The van der Waals surface area contributed by atoms with Crippen molar-refractivity contribution in [2.24, 2.45) is 0 Å². The number of rotatable bonds is 8. The lowest BCUT2D eigenvalue weighted by Crippen LogP contribution is -2.45. The van der Waals surface area contributed by atoms with Crippen molar-refractivity contribution in [3.8, 4) is 5.69 Å². The monoisotopic (exact) mass is 414 g/mol. The summed E-state index contributed by atoms with van der Waals surface area (Å²) in [5.74, 6) is -0.680. The molecule has 0 spiro atoms. The summed E-state index contributed by atoms with van der Waals surface area (Å²) in [6.45, 7) is 4.18. The number of aromatic nitrogens is 2. The molecule has 0 fully saturated rings. The highest BCUT2D eigenvalue weighted by Gasteiger charge is 2.16. The van der Waals surface area contributed by atoms with Crippen LogP contribution in [0.2, 0.25) is 0 Å².